The topological polar surface area (TPSA) is 79.5 Å². The molecule has 6 nitrogen and oxygen atoms in total. The first-order chi connectivity index (χ1) is 12.6. The number of benzene rings is 1. The second-order valence-electron chi connectivity index (χ2n) is 6.08. The van der Waals surface area contributed by atoms with Gasteiger partial charge < -0.3 is 15.5 Å². The molecule has 1 aromatic heterocycles. The molecular weight excluding hydrogens is 355 g/mol. The van der Waals surface area contributed by atoms with Crippen LogP contribution in [-0.4, -0.2) is 59.3 Å². The van der Waals surface area contributed by atoms with Gasteiger partial charge in [-0.05, 0) is 25.1 Å². The number of thiazole rings is 1. The van der Waals surface area contributed by atoms with Crippen LogP contribution in [0.5, 0.6) is 0 Å². The zero-order valence-electron chi connectivity index (χ0n) is 14.4. The first-order valence-corrected chi connectivity index (χ1v) is 9.45. The lowest BCUT2D eigenvalue weighted by Crippen LogP contribution is -2.37. The van der Waals surface area contributed by atoms with Gasteiger partial charge in [0.25, 0.3) is 11.8 Å². The minimum Gasteiger partial charge on any atom is -0.337 e. The van der Waals surface area contributed by atoms with Crippen molar-refractivity contribution >= 4 is 23.2 Å². The second kappa shape index (κ2) is 8.37. The van der Waals surface area contributed by atoms with Gasteiger partial charge in [-0.2, -0.15) is 0 Å². The summed E-state index contributed by atoms with van der Waals surface area (Å²) < 4.78 is 13.9. The Hall–Kier alpha value is -2.32. The Labute approximate surface area is 155 Å². The minimum absolute atomic E-state index is 0.0678. The number of nitrogens with two attached hydrogens (primary N) is 1. The third kappa shape index (κ3) is 4.08. The summed E-state index contributed by atoms with van der Waals surface area (Å²) in [6, 6.07) is 5.97. The van der Waals surface area contributed by atoms with E-state index in [0.29, 0.717) is 51.3 Å². The summed E-state index contributed by atoms with van der Waals surface area (Å²) in [6.45, 7) is 2.32. The lowest BCUT2D eigenvalue weighted by molar-refractivity contribution is 0.0713. The molecular formula is C18H21FN4O2S. The van der Waals surface area contributed by atoms with E-state index in [1.54, 1.807) is 27.3 Å². The van der Waals surface area contributed by atoms with Crippen LogP contribution in [-0.2, 0) is 6.42 Å². The van der Waals surface area contributed by atoms with Crippen molar-refractivity contribution in [3.63, 3.8) is 0 Å². The Balaban J connectivity index is 1.65. The maximum absolute atomic E-state index is 13.9. The van der Waals surface area contributed by atoms with E-state index < -0.39 is 5.82 Å². The summed E-state index contributed by atoms with van der Waals surface area (Å²) in [5, 5.41) is 2.60. The van der Waals surface area contributed by atoms with E-state index in [-0.39, 0.29) is 17.4 Å². The van der Waals surface area contributed by atoms with Crippen molar-refractivity contribution in [2.75, 3.05) is 32.7 Å². The zero-order valence-corrected chi connectivity index (χ0v) is 15.2. The molecule has 0 spiro atoms. The quantitative estimate of drug-likeness (QED) is 0.882. The largest absolute Gasteiger partial charge is 0.337 e. The normalized spacial score (nSPS) is 15.0. The van der Waals surface area contributed by atoms with Crippen molar-refractivity contribution in [3.8, 4) is 0 Å². The van der Waals surface area contributed by atoms with Gasteiger partial charge in [-0.15, -0.1) is 11.3 Å². The van der Waals surface area contributed by atoms with Gasteiger partial charge in [-0.3, -0.25) is 9.59 Å². The molecule has 1 aliphatic heterocycles. The number of carbonyl (C=O) groups excluding carboxylic acids is 2. The van der Waals surface area contributed by atoms with Gasteiger partial charge in [-0.25, -0.2) is 9.37 Å². The molecule has 0 radical (unpaired) electrons. The summed E-state index contributed by atoms with van der Waals surface area (Å²) in [4.78, 5) is 32.8. The van der Waals surface area contributed by atoms with E-state index >= 15 is 0 Å². The number of hydrogen-bond acceptors (Lipinski definition) is 5. The van der Waals surface area contributed by atoms with Gasteiger partial charge in [0.15, 0.2) is 0 Å². The molecule has 0 saturated carbocycles. The van der Waals surface area contributed by atoms with Crippen LogP contribution in [0, 0.1) is 5.82 Å². The Kier molecular flexibility index (Phi) is 5.95. The molecule has 0 unspecified atom stereocenters. The van der Waals surface area contributed by atoms with Gasteiger partial charge in [0.05, 0.1) is 10.6 Å². The van der Waals surface area contributed by atoms with Crippen LogP contribution in [0.3, 0.4) is 0 Å². The minimum atomic E-state index is -0.524. The zero-order chi connectivity index (χ0) is 18.5. The Morgan fingerprint density at radius 2 is 1.81 bits per heavy atom. The third-order valence-corrected chi connectivity index (χ3v) is 5.21. The van der Waals surface area contributed by atoms with E-state index in [4.69, 9.17) is 5.73 Å². The van der Waals surface area contributed by atoms with Crippen LogP contribution in [0.2, 0.25) is 0 Å². The fourth-order valence-corrected chi connectivity index (χ4v) is 3.73. The molecule has 138 valence electrons. The molecule has 1 aliphatic rings. The van der Waals surface area contributed by atoms with Crippen molar-refractivity contribution in [2.24, 2.45) is 5.73 Å². The first-order valence-electron chi connectivity index (χ1n) is 8.57. The van der Waals surface area contributed by atoms with Crippen molar-refractivity contribution in [2.45, 2.75) is 12.8 Å². The van der Waals surface area contributed by atoms with Crippen LogP contribution in [0.25, 0.3) is 0 Å². The molecule has 2 aromatic rings. The first kappa shape index (κ1) is 18.5. The molecule has 2 N–H and O–H groups in total. The van der Waals surface area contributed by atoms with Gasteiger partial charge in [-0.1, -0.05) is 12.1 Å². The monoisotopic (exact) mass is 376 g/mol. The highest BCUT2D eigenvalue weighted by Gasteiger charge is 2.25. The number of aromatic nitrogens is 1. The van der Waals surface area contributed by atoms with E-state index in [9.17, 15) is 14.0 Å². The van der Waals surface area contributed by atoms with Crippen LogP contribution in [0.15, 0.2) is 29.6 Å². The van der Waals surface area contributed by atoms with Gasteiger partial charge in [0.2, 0.25) is 0 Å². The van der Waals surface area contributed by atoms with Crippen molar-refractivity contribution in [1.82, 2.24) is 14.8 Å². The lowest BCUT2D eigenvalue weighted by Gasteiger charge is -2.22. The van der Waals surface area contributed by atoms with E-state index in [2.05, 4.69) is 4.98 Å². The highest BCUT2D eigenvalue weighted by molar-refractivity contribution is 7.09. The van der Waals surface area contributed by atoms with Gasteiger partial charge >= 0.3 is 0 Å². The van der Waals surface area contributed by atoms with Crippen molar-refractivity contribution < 1.29 is 14.0 Å². The maximum Gasteiger partial charge on any atom is 0.273 e. The molecule has 2 amide bonds. The molecule has 0 bridgehead atoms. The summed E-state index contributed by atoms with van der Waals surface area (Å²) in [7, 11) is 0. The van der Waals surface area contributed by atoms with E-state index in [0.717, 1.165) is 5.01 Å². The van der Waals surface area contributed by atoms with E-state index in [1.807, 2.05) is 0 Å². The molecule has 1 aromatic carbocycles. The molecule has 1 saturated heterocycles. The summed E-state index contributed by atoms with van der Waals surface area (Å²) in [5.41, 5.74) is 6.01. The average molecular weight is 376 g/mol. The summed E-state index contributed by atoms with van der Waals surface area (Å²) in [5.74, 6) is -0.995. The fraction of sp³-hybridized carbons (Fsp3) is 0.389. The van der Waals surface area contributed by atoms with Crippen LogP contribution >= 0.6 is 11.3 Å². The SMILES string of the molecule is NCCc1nc(C(=O)N2CCCN(C(=O)c3ccccc3F)CC2)cs1. The fourth-order valence-electron chi connectivity index (χ4n) is 2.94. The Morgan fingerprint density at radius 3 is 2.50 bits per heavy atom. The number of amides is 2. The standard InChI is InChI=1S/C18H21FN4O2S/c19-14-5-2-1-4-13(14)17(24)22-8-3-9-23(11-10-22)18(25)15-12-26-16(21-15)6-7-20/h1-2,4-5,12H,3,6-11,20H2. The maximum atomic E-state index is 13.9. The molecule has 26 heavy (non-hydrogen) atoms. The third-order valence-electron chi connectivity index (χ3n) is 4.30. The molecule has 1 fully saturated rings. The summed E-state index contributed by atoms with van der Waals surface area (Å²) >= 11 is 1.43. The molecule has 0 aliphatic carbocycles. The molecule has 0 atom stereocenters. The van der Waals surface area contributed by atoms with Gasteiger partial charge in [0.1, 0.15) is 11.5 Å². The van der Waals surface area contributed by atoms with Crippen LogP contribution < -0.4 is 5.73 Å². The number of carbonyl (C=O) groups is 2. The Morgan fingerprint density at radius 1 is 1.12 bits per heavy atom. The van der Waals surface area contributed by atoms with Crippen molar-refractivity contribution in [1.29, 1.82) is 0 Å². The Bertz CT molecular complexity index is 795. The second-order valence-corrected chi connectivity index (χ2v) is 7.03. The highest BCUT2D eigenvalue weighted by Crippen LogP contribution is 2.16. The number of hydrogen-bond donors (Lipinski definition) is 1. The highest BCUT2D eigenvalue weighted by atomic mass is 32.1. The average Bonchev–Trinajstić information content (AvgIpc) is 2.97. The number of halogens is 1. The lowest BCUT2D eigenvalue weighted by atomic mass is 10.2. The predicted octanol–water partition coefficient (Wildman–Crippen LogP) is 1.77. The van der Waals surface area contributed by atoms with Crippen LogP contribution in [0.1, 0.15) is 32.3 Å². The van der Waals surface area contributed by atoms with Crippen molar-refractivity contribution in [3.05, 3.63) is 51.7 Å². The summed E-state index contributed by atoms with van der Waals surface area (Å²) in [6.07, 6.45) is 1.30. The van der Waals surface area contributed by atoms with E-state index in [1.165, 1.54) is 23.5 Å². The smallest absolute Gasteiger partial charge is 0.273 e. The van der Waals surface area contributed by atoms with Gasteiger partial charge in [0, 0.05) is 38.0 Å². The molecule has 2 heterocycles. The number of nitrogens with zero attached hydrogens (tertiary/aromatic N) is 3. The molecule has 3 rings (SSSR count). The van der Waals surface area contributed by atoms with Crippen LogP contribution in [0.4, 0.5) is 4.39 Å². The molecule has 8 heteroatoms. The number of rotatable bonds is 4. The predicted molar refractivity (Wildman–Crippen MR) is 97.7 cm³/mol.